The predicted molar refractivity (Wildman–Crippen MR) is 60.8 cm³/mol. The molecule has 0 saturated heterocycles. The van der Waals surface area contributed by atoms with Crippen LogP contribution in [0.15, 0.2) is 36.4 Å². The van der Waals surface area contributed by atoms with Gasteiger partial charge in [0, 0.05) is 5.69 Å². The minimum atomic E-state index is -1.20. The minimum absolute atomic E-state index is 0.113. The molecule has 5 heteroatoms. The van der Waals surface area contributed by atoms with Crippen LogP contribution in [0.2, 0.25) is 0 Å². The average molecular weight is 248 g/mol. The van der Waals surface area contributed by atoms with Gasteiger partial charge in [-0.05, 0) is 36.4 Å². The fraction of sp³-hybridized carbons (Fsp3) is 0. The molecule has 0 aliphatic rings. The van der Waals surface area contributed by atoms with Crippen LogP contribution in [0.1, 0.15) is 5.56 Å². The van der Waals surface area contributed by atoms with Gasteiger partial charge >= 0.3 is 0 Å². The van der Waals surface area contributed by atoms with Crippen molar-refractivity contribution in [3.8, 4) is 6.07 Å². The summed E-state index contributed by atoms with van der Waals surface area (Å²) in [5.74, 6) is -2.77. The highest BCUT2D eigenvalue weighted by Crippen LogP contribution is 2.23. The Bertz CT molecular complexity index is 615. The van der Waals surface area contributed by atoms with Crippen LogP contribution < -0.4 is 5.32 Å². The number of hydrogen-bond acceptors (Lipinski definition) is 2. The van der Waals surface area contributed by atoms with Crippen LogP contribution in [0.3, 0.4) is 0 Å². The highest BCUT2D eigenvalue weighted by atomic mass is 19.2. The van der Waals surface area contributed by atoms with Gasteiger partial charge in [0.2, 0.25) is 0 Å². The molecule has 90 valence electrons. The van der Waals surface area contributed by atoms with E-state index in [0.29, 0.717) is 5.69 Å². The summed E-state index contributed by atoms with van der Waals surface area (Å²) >= 11 is 0. The van der Waals surface area contributed by atoms with E-state index in [9.17, 15) is 13.2 Å². The summed E-state index contributed by atoms with van der Waals surface area (Å²) < 4.78 is 39.6. The minimum Gasteiger partial charge on any atom is -0.353 e. The van der Waals surface area contributed by atoms with Gasteiger partial charge in [-0.15, -0.1) is 0 Å². The third-order valence-electron chi connectivity index (χ3n) is 2.33. The van der Waals surface area contributed by atoms with E-state index >= 15 is 0 Å². The molecule has 2 nitrogen and oxygen atoms in total. The SMILES string of the molecule is N#Cc1ccc(Nc2ccc(F)cc2)c(F)c1F. The molecule has 0 amide bonds. The molecule has 2 aromatic rings. The molecular weight excluding hydrogens is 241 g/mol. The smallest absolute Gasteiger partial charge is 0.183 e. The number of halogens is 3. The zero-order valence-electron chi connectivity index (χ0n) is 9.05. The Morgan fingerprint density at radius 2 is 1.56 bits per heavy atom. The zero-order valence-corrected chi connectivity index (χ0v) is 9.05. The van der Waals surface area contributed by atoms with Crippen molar-refractivity contribution in [1.82, 2.24) is 0 Å². The first-order valence-electron chi connectivity index (χ1n) is 5.02. The fourth-order valence-corrected chi connectivity index (χ4v) is 1.42. The molecule has 0 heterocycles. The lowest BCUT2D eigenvalue weighted by molar-refractivity contribution is 0.509. The summed E-state index contributed by atoms with van der Waals surface area (Å²) in [5.41, 5.74) is -0.0605. The van der Waals surface area contributed by atoms with Gasteiger partial charge in [-0.3, -0.25) is 0 Å². The van der Waals surface area contributed by atoms with Crippen LogP contribution in [0.4, 0.5) is 24.5 Å². The second-order valence-corrected chi connectivity index (χ2v) is 3.53. The first-order valence-corrected chi connectivity index (χ1v) is 5.02. The molecular formula is C13H7F3N2. The number of hydrogen-bond donors (Lipinski definition) is 1. The Morgan fingerprint density at radius 1 is 0.889 bits per heavy atom. The first-order chi connectivity index (χ1) is 8.61. The van der Waals surface area contributed by atoms with Crippen LogP contribution in [-0.2, 0) is 0 Å². The van der Waals surface area contributed by atoms with Gasteiger partial charge < -0.3 is 5.32 Å². The van der Waals surface area contributed by atoms with Crippen molar-refractivity contribution in [1.29, 1.82) is 5.26 Å². The van der Waals surface area contributed by atoms with Crippen molar-refractivity contribution >= 4 is 11.4 Å². The van der Waals surface area contributed by atoms with E-state index in [1.54, 1.807) is 6.07 Å². The Hall–Kier alpha value is -2.48. The normalized spacial score (nSPS) is 9.89. The Kier molecular flexibility index (Phi) is 3.20. The van der Waals surface area contributed by atoms with Crippen molar-refractivity contribution in [3.63, 3.8) is 0 Å². The van der Waals surface area contributed by atoms with Crippen molar-refractivity contribution in [2.24, 2.45) is 0 Å². The van der Waals surface area contributed by atoms with Gasteiger partial charge in [-0.1, -0.05) is 0 Å². The van der Waals surface area contributed by atoms with Crippen molar-refractivity contribution in [2.75, 3.05) is 5.32 Å². The highest BCUT2D eigenvalue weighted by Gasteiger charge is 2.13. The van der Waals surface area contributed by atoms with Gasteiger partial charge in [0.1, 0.15) is 11.9 Å². The maximum atomic E-state index is 13.6. The lowest BCUT2D eigenvalue weighted by atomic mass is 10.2. The molecule has 0 bridgehead atoms. The van der Waals surface area contributed by atoms with E-state index in [4.69, 9.17) is 5.26 Å². The van der Waals surface area contributed by atoms with Crippen molar-refractivity contribution in [2.45, 2.75) is 0 Å². The summed E-state index contributed by atoms with van der Waals surface area (Å²) in [4.78, 5) is 0. The summed E-state index contributed by atoms with van der Waals surface area (Å²) in [7, 11) is 0. The lowest BCUT2D eigenvalue weighted by Crippen LogP contribution is -1.98. The number of nitrogens with zero attached hydrogens (tertiary/aromatic N) is 1. The standard InChI is InChI=1S/C13H7F3N2/c14-9-2-4-10(5-3-9)18-11-6-1-8(7-17)12(15)13(11)16/h1-6,18H. The molecule has 0 fully saturated rings. The third-order valence-corrected chi connectivity index (χ3v) is 2.33. The number of nitrogens with one attached hydrogen (secondary N) is 1. The second-order valence-electron chi connectivity index (χ2n) is 3.53. The summed E-state index contributed by atoms with van der Waals surface area (Å²) in [6, 6.07) is 9.14. The number of benzene rings is 2. The largest absolute Gasteiger partial charge is 0.353 e. The van der Waals surface area contributed by atoms with Gasteiger partial charge in [-0.2, -0.15) is 5.26 Å². The summed E-state index contributed by atoms with van der Waals surface area (Å²) in [5, 5.41) is 11.1. The molecule has 0 aliphatic heterocycles. The lowest BCUT2D eigenvalue weighted by Gasteiger charge is -2.08. The molecule has 18 heavy (non-hydrogen) atoms. The fourth-order valence-electron chi connectivity index (χ4n) is 1.42. The molecule has 0 atom stereocenters. The molecule has 0 radical (unpaired) electrons. The zero-order chi connectivity index (χ0) is 13.1. The maximum absolute atomic E-state index is 13.6. The van der Waals surface area contributed by atoms with E-state index in [2.05, 4.69) is 5.32 Å². The van der Waals surface area contributed by atoms with Crippen molar-refractivity contribution < 1.29 is 13.2 Å². The molecule has 0 saturated carbocycles. The van der Waals surface area contributed by atoms with Crippen LogP contribution in [-0.4, -0.2) is 0 Å². The molecule has 2 aromatic carbocycles. The van der Waals surface area contributed by atoms with Crippen LogP contribution in [0, 0.1) is 28.8 Å². The van der Waals surface area contributed by atoms with E-state index in [1.807, 2.05) is 0 Å². The average Bonchev–Trinajstić information content (AvgIpc) is 2.38. The number of rotatable bonds is 2. The second kappa shape index (κ2) is 4.80. The van der Waals surface area contributed by atoms with E-state index in [0.717, 1.165) is 0 Å². The topological polar surface area (TPSA) is 35.8 Å². The molecule has 0 spiro atoms. The summed E-state index contributed by atoms with van der Waals surface area (Å²) in [6.07, 6.45) is 0. The first kappa shape index (κ1) is 12.0. The Balaban J connectivity index is 2.33. The van der Waals surface area contributed by atoms with Crippen LogP contribution >= 0.6 is 0 Å². The maximum Gasteiger partial charge on any atom is 0.183 e. The van der Waals surface area contributed by atoms with Gasteiger partial charge in [-0.25, -0.2) is 13.2 Å². The van der Waals surface area contributed by atoms with Gasteiger partial charge in [0.25, 0.3) is 0 Å². The predicted octanol–water partition coefficient (Wildman–Crippen LogP) is 3.72. The van der Waals surface area contributed by atoms with E-state index < -0.39 is 17.5 Å². The molecule has 2 rings (SSSR count). The summed E-state index contributed by atoms with van der Waals surface area (Å²) in [6.45, 7) is 0. The molecule has 0 aromatic heterocycles. The monoisotopic (exact) mass is 248 g/mol. The third kappa shape index (κ3) is 2.28. The Labute approximate surface area is 101 Å². The van der Waals surface area contributed by atoms with Gasteiger partial charge in [0.15, 0.2) is 11.6 Å². The quantitative estimate of drug-likeness (QED) is 0.879. The highest BCUT2D eigenvalue weighted by molar-refractivity contribution is 5.61. The number of nitriles is 1. The van der Waals surface area contributed by atoms with E-state index in [-0.39, 0.29) is 11.3 Å². The molecule has 0 aliphatic carbocycles. The van der Waals surface area contributed by atoms with Crippen LogP contribution in [0.5, 0.6) is 0 Å². The number of anilines is 2. The van der Waals surface area contributed by atoms with Gasteiger partial charge in [0.05, 0.1) is 11.3 Å². The molecule has 0 unspecified atom stereocenters. The molecule has 1 N–H and O–H groups in total. The Morgan fingerprint density at radius 3 is 2.17 bits per heavy atom. The van der Waals surface area contributed by atoms with Crippen LogP contribution in [0.25, 0.3) is 0 Å². The van der Waals surface area contributed by atoms with E-state index in [1.165, 1.54) is 36.4 Å². The van der Waals surface area contributed by atoms with Crippen molar-refractivity contribution in [3.05, 3.63) is 59.4 Å².